The standard InChI is InChI=1S/C16H32N2O/c1-13-5-4-6-16(9-13,11-17-2)12-18(3)10-14-7-15(19)8-14/h13-15,17,19H,4-12H2,1-3H3. The predicted molar refractivity (Wildman–Crippen MR) is 80.2 cm³/mol. The van der Waals surface area contributed by atoms with Crippen molar-refractivity contribution in [1.29, 1.82) is 0 Å². The van der Waals surface area contributed by atoms with Crippen molar-refractivity contribution in [2.75, 3.05) is 33.7 Å². The van der Waals surface area contributed by atoms with Gasteiger partial charge in [-0.2, -0.15) is 0 Å². The van der Waals surface area contributed by atoms with E-state index in [1.807, 2.05) is 0 Å². The molecule has 2 saturated carbocycles. The zero-order valence-electron chi connectivity index (χ0n) is 13.0. The van der Waals surface area contributed by atoms with Crippen LogP contribution in [0.3, 0.4) is 0 Å². The lowest BCUT2D eigenvalue weighted by Gasteiger charge is -2.44. The van der Waals surface area contributed by atoms with Crippen molar-refractivity contribution in [1.82, 2.24) is 10.2 Å². The molecule has 0 saturated heterocycles. The van der Waals surface area contributed by atoms with Gasteiger partial charge in [-0.05, 0) is 57.0 Å². The maximum Gasteiger partial charge on any atom is 0.0546 e. The Morgan fingerprint density at radius 3 is 2.68 bits per heavy atom. The Kier molecular flexibility index (Phi) is 5.27. The molecule has 2 rings (SSSR count). The quantitative estimate of drug-likeness (QED) is 0.774. The highest BCUT2D eigenvalue weighted by molar-refractivity contribution is 4.90. The molecule has 19 heavy (non-hydrogen) atoms. The summed E-state index contributed by atoms with van der Waals surface area (Å²) in [5.74, 6) is 1.61. The Hall–Kier alpha value is -0.120. The Morgan fingerprint density at radius 2 is 2.11 bits per heavy atom. The van der Waals surface area contributed by atoms with Crippen LogP contribution in [0.2, 0.25) is 0 Å². The molecule has 0 bridgehead atoms. The fourth-order valence-electron chi connectivity index (χ4n) is 4.43. The van der Waals surface area contributed by atoms with E-state index in [0.29, 0.717) is 5.41 Å². The second kappa shape index (κ2) is 6.55. The minimum atomic E-state index is -0.0145. The molecule has 0 aromatic carbocycles. The van der Waals surface area contributed by atoms with Crippen molar-refractivity contribution in [2.45, 2.75) is 51.6 Å². The van der Waals surface area contributed by atoms with E-state index in [9.17, 15) is 5.11 Å². The Labute approximate surface area is 118 Å². The van der Waals surface area contributed by atoms with Crippen LogP contribution in [0.5, 0.6) is 0 Å². The molecule has 2 aliphatic rings. The lowest BCUT2D eigenvalue weighted by molar-refractivity contribution is 0.0157. The molecular weight excluding hydrogens is 236 g/mol. The third-order valence-corrected chi connectivity index (χ3v) is 5.12. The van der Waals surface area contributed by atoms with Crippen LogP contribution in [0, 0.1) is 17.3 Å². The molecule has 2 aliphatic carbocycles. The summed E-state index contributed by atoms with van der Waals surface area (Å²) < 4.78 is 0. The largest absolute Gasteiger partial charge is 0.393 e. The molecule has 112 valence electrons. The van der Waals surface area contributed by atoms with Crippen LogP contribution in [0.15, 0.2) is 0 Å². The van der Waals surface area contributed by atoms with Crippen molar-refractivity contribution in [3.8, 4) is 0 Å². The molecule has 0 amide bonds. The van der Waals surface area contributed by atoms with Crippen LogP contribution in [-0.2, 0) is 0 Å². The first-order valence-electron chi connectivity index (χ1n) is 8.04. The minimum absolute atomic E-state index is 0.0145. The highest BCUT2D eigenvalue weighted by Crippen LogP contribution is 2.40. The van der Waals surface area contributed by atoms with Gasteiger partial charge in [0.1, 0.15) is 0 Å². The second-order valence-electron chi connectivity index (χ2n) is 7.42. The average molecular weight is 268 g/mol. The summed E-state index contributed by atoms with van der Waals surface area (Å²) in [6.07, 6.45) is 7.54. The van der Waals surface area contributed by atoms with E-state index in [4.69, 9.17) is 0 Å². The lowest BCUT2D eigenvalue weighted by Crippen LogP contribution is -2.47. The molecule has 0 spiro atoms. The molecule has 0 heterocycles. The minimum Gasteiger partial charge on any atom is -0.393 e. The summed E-state index contributed by atoms with van der Waals surface area (Å²) in [5.41, 5.74) is 0.476. The van der Waals surface area contributed by atoms with Crippen LogP contribution in [0.1, 0.15) is 45.4 Å². The van der Waals surface area contributed by atoms with Crippen LogP contribution in [0.4, 0.5) is 0 Å². The first-order valence-corrected chi connectivity index (χ1v) is 8.04. The van der Waals surface area contributed by atoms with Crippen LogP contribution >= 0.6 is 0 Å². The van der Waals surface area contributed by atoms with Crippen LogP contribution < -0.4 is 5.32 Å². The highest BCUT2D eigenvalue weighted by Gasteiger charge is 2.36. The average Bonchev–Trinajstić information content (AvgIpc) is 2.26. The van der Waals surface area contributed by atoms with Crippen LogP contribution in [-0.4, -0.2) is 49.8 Å². The molecule has 3 nitrogen and oxygen atoms in total. The second-order valence-corrected chi connectivity index (χ2v) is 7.42. The predicted octanol–water partition coefficient (Wildman–Crippen LogP) is 2.10. The van der Waals surface area contributed by atoms with Gasteiger partial charge in [0.05, 0.1) is 6.10 Å². The molecule has 0 aromatic heterocycles. The van der Waals surface area contributed by atoms with E-state index in [-0.39, 0.29) is 6.10 Å². The van der Waals surface area contributed by atoms with Gasteiger partial charge in [-0.3, -0.25) is 0 Å². The highest BCUT2D eigenvalue weighted by atomic mass is 16.3. The SMILES string of the molecule is CNCC1(CN(C)CC2CC(O)C2)CCCC(C)C1. The topological polar surface area (TPSA) is 35.5 Å². The molecule has 2 fully saturated rings. The number of aliphatic hydroxyl groups is 1. The van der Waals surface area contributed by atoms with Gasteiger partial charge in [-0.15, -0.1) is 0 Å². The third-order valence-electron chi connectivity index (χ3n) is 5.12. The molecule has 0 aliphatic heterocycles. The van der Waals surface area contributed by atoms with Gasteiger partial charge < -0.3 is 15.3 Å². The van der Waals surface area contributed by atoms with Gasteiger partial charge in [0.2, 0.25) is 0 Å². The first kappa shape index (κ1) is 15.3. The number of nitrogens with zero attached hydrogens (tertiary/aromatic N) is 1. The van der Waals surface area contributed by atoms with E-state index in [1.165, 1.54) is 32.2 Å². The maximum absolute atomic E-state index is 9.39. The summed E-state index contributed by atoms with van der Waals surface area (Å²) >= 11 is 0. The van der Waals surface area contributed by atoms with Gasteiger partial charge in [0.25, 0.3) is 0 Å². The molecule has 2 unspecified atom stereocenters. The zero-order valence-corrected chi connectivity index (χ0v) is 13.0. The van der Waals surface area contributed by atoms with Crippen molar-refractivity contribution < 1.29 is 5.11 Å². The van der Waals surface area contributed by atoms with Gasteiger partial charge in [0.15, 0.2) is 0 Å². The first-order chi connectivity index (χ1) is 9.03. The van der Waals surface area contributed by atoms with E-state index < -0.39 is 0 Å². The monoisotopic (exact) mass is 268 g/mol. The molecule has 0 radical (unpaired) electrons. The van der Waals surface area contributed by atoms with E-state index >= 15 is 0 Å². The fourth-order valence-corrected chi connectivity index (χ4v) is 4.43. The van der Waals surface area contributed by atoms with Gasteiger partial charge >= 0.3 is 0 Å². The normalized spacial score (nSPS) is 39.3. The number of hydrogen-bond donors (Lipinski definition) is 2. The van der Waals surface area contributed by atoms with E-state index in [2.05, 4.69) is 31.2 Å². The molecule has 3 heteroatoms. The van der Waals surface area contributed by atoms with Crippen molar-refractivity contribution in [3.63, 3.8) is 0 Å². The Morgan fingerprint density at radius 1 is 1.37 bits per heavy atom. The lowest BCUT2D eigenvalue weighted by atomic mass is 9.69. The van der Waals surface area contributed by atoms with Crippen molar-refractivity contribution in [2.24, 2.45) is 17.3 Å². The maximum atomic E-state index is 9.39. The number of rotatable bonds is 6. The van der Waals surface area contributed by atoms with Gasteiger partial charge in [-0.25, -0.2) is 0 Å². The molecule has 2 N–H and O–H groups in total. The van der Waals surface area contributed by atoms with E-state index in [1.54, 1.807) is 0 Å². The van der Waals surface area contributed by atoms with Gasteiger partial charge in [-0.1, -0.05) is 19.8 Å². The third kappa shape index (κ3) is 4.17. The summed E-state index contributed by atoms with van der Waals surface area (Å²) in [7, 11) is 4.35. The summed E-state index contributed by atoms with van der Waals surface area (Å²) in [5, 5.41) is 12.8. The zero-order chi connectivity index (χ0) is 13.9. The number of hydrogen-bond acceptors (Lipinski definition) is 3. The summed E-state index contributed by atoms with van der Waals surface area (Å²) in [6.45, 7) is 5.93. The van der Waals surface area contributed by atoms with Crippen molar-refractivity contribution in [3.05, 3.63) is 0 Å². The van der Waals surface area contributed by atoms with Crippen molar-refractivity contribution >= 4 is 0 Å². The summed E-state index contributed by atoms with van der Waals surface area (Å²) in [6, 6.07) is 0. The smallest absolute Gasteiger partial charge is 0.0546 e. The molecular formula is C16H32N2O. The Balaban J connectivity index is 1.84. The molecule has 2 atom stereocenters. The van der Waals surface area contributed by atoms with Crippen LogP contribution in [0.25, 0.3) is 0 Å². The Bertz CT molecular complexity index is 274. The number of aliphatic hydroxyl groups excluding tert-OH is 1. The number of nitrogens with one attached hydrogen (secondary N) is 1. The fraction of sp³-hybridized carbons (Fsp3) is 1.00. The van der Waals surface area contributed by atoms with E-state index in [0.717, 1.165) is 37.8 Å². The summed E-state index contributed by atoms with van der Waals surface area (Å²) in [4.78, 5) is 2.52. The van der Waals surface area contributed by atoms with Gasteiger partial charge in [0, 0.05) is 19.6 Å². The molecule has 0 aromatic rings.